The minimum atomic E-state index is 0.769. The first-order valence-electron chi connectivity index (χ1n) is 6.45. The van der Waals surface area contributed by atoms with Crippen molar-refractivity contribution in [1.29, 1.82) is 0 Å². The maximum absolute atomic E-state index is 6.10. The fraction of sp³-hybridized carbons (Fsp3) is 0.250. The highest BCUT2D eigenvalue weighted by molar-refractivity contribution is 6.30. The van der Waals surface area contributed by atoms with Crippen LogP contribution in [0.1, 0.15) is 11.1 Å². The molecule has 3 heteroatoms. The van der Waals surface area contributed by atoms with E-state index in [0.717, 1.165) is 35.8 Å². The predicted molar refractivity (Wildman–Crippen MR) is 78.9 cm³/mol. The second-order valence-corrected chi connectivity index (χ2v) is 5.15. The molecule has 3 rings (SSSR count). The van der Waals surface area contributed by atoms with Gasteiger partial charge in [0.15, 0.2) is 0 Å². The van der Waals surface area contributed by atoms with Crippen LogP contribution in [-0.2, 0) is 13.0 Å². The summed E-state index contributed by atoms with van der Waals surface area (Å²) >= 11 is 6.10. The van der Waals surface area contributed by atoms with Crippen molar-refractivity contribution >= 4 is 11.6 Å². The highest BCUT2D eigenvalue weighted by Gasteiger charge is 2.18. The molecule has 0 spiro atoms. The first kappa shape index (κ1) is 12.5. The van der Waals surface area contributed by atoms with Crippen LogP contribution in [0.3, 0.4) is 0 Å². The van der Waals surface area contributed by atoms with Gasteiger partial charge >= 0.3 is 0 Å². The van der Waals surface area contributed by atoms with Crippen molar-refractivity contribution in [2.75, 3.05) is 13.7 Å². The zero-order chi connectivity index (χ0) is 13.2. The minimum absolute atomic E-state index is 0.769. The van der Waals surface area contributed by atoms with E-state index >= 15 is 0 Å². The van der Waals surface area contributed by atoms with E-state index in [4.69, 9.17) is 16.3 Å². The third-order valence-electron chi connectivity index (χ3n) is 3.60. The van der Waals surface area contributed by atoms with Gasteiger partial charge in [-0.3, -0.25) is 0 Å². The molecule has 2 nitrogen and oxygen atoms in total. The standard InChI is InChI=1S/C16H16ClNO/c1-19-16-6-5-13(11-3-2-4-12(17)9-11)15-10-18-8-7-14(15)16/h2-6,9,18H,7-8,10H2,1H3. The predicted octanol–water partition coefficient (Wildman–Crippen LogP) is 3.66. The van der Waals surface area contributed by atoms with E-state index in [9.17, 15) is 0 Å². The van der Waals surface area contributed by atoms with Gasteiger partial charge in [-0.05, 0) is 47.9 Å². The van der Waals surface area contributed by atoms with E-state index in [-0.39, 0.29) is 0 Å². The molecule has 19 heavy (non-hydrogen) atoms. The van der Waals surface area contributed by atoms with Crippen molar-refractivity contribution in [2.24, 2.45) is 0 Å². The Bertz CT molecular complexity index is 610. The molecule has 98 valence electrons. The van der Waals surface area contributed by atoms with Crippen molar-refractivity contribution in [2.45, 2.75) is 13.0 Å². The van der Waals surface area contributed by atoms with Crippen LogP contribution in [-0.4, -0.2) is 13.7 Å². The number of halogens is 1. The minimum Gasteiger partial charge on any atom is -0.496 e. The van der Waals surface area contributed by atoms with Crippen molar-refractivity contribution in [3.63, 3.8) is 0 Å². The molecule has 0 radical (unpaired) electrons. The van der Waals surface area contributed by atoms with Crippen LogP contribution in [0.2, 0.25) is 5.02 Å². The Labute approximate surface area is 118 Å². The van der Waals surface area contributed by atoms with Crippen LogP contribution >= 0.6 is 11.6 Å². The van der Waals surface area contributed by atoms with E-state index in [2.05, 4.69) is 23.5 Å². The zero-order valence-corrected chi connectivity index (χ0v) is 11.6. The maximum Gasteiger partial charge on any atom is 0.122 e. The van der Waals surface area contributed by atoms with Crippen molar-refractivity contribution in [3.8, 4) is 16.9 Å². The summed E-state index contributed by atoms with van der Waals surface area (Å²) in [6.45, 7) is 1.89. The van der Waals surface area contributed by atoms with Crippen LogP contribution in [0.4, 0.5) is 0 Å². The monoisotopic (exact) mass is 273 g/mol. The Morgan fingerprint density at radius 3 is 2.84 bits per heavy atom. The molecule has 0 aliphatic carbocycles. The van der Waals surface area contributed by atoms with E-state index < -0.39 is 0 Å². The lowest BCUT2D eigenvalue weighted by Crippen LogP contribution is -2.24. The van der Waals surface area contributed by atoms with Crippen LogP contribution in [0, 0.1) is 0 Å². The lowest BCUT2D eigenvalue weighted by molar-refractivity contribution is 0.406. The normalized spacial score (nSPS) is 14.0. The summed E-state index contributed by atoms with van der Waals surface area (Å²) in [5.41, 5.74) is 5.05. The summed E-state index contributed by atoms with van der Waals surface area (Å²) in [5.74, 6) is 0.988. The fourth-order valence-corrected chi connectivity index (χ4v) is 2.88. The van der Waals surface area contributed by atoms with Crippen LogP contribution in [0.5, 0.6) is 5.75 Å². The molecular formula is C16H16ClNO. The average molecular weight is 274 g/mol. The summed E-state index contributed by atoms with van der Waals surface area (Å²) in [6, 6.07) is 12.2. The average Bonchev–Trinajstić information content (AvgIpc) is 2.46. The maximum atomic E-state index is 6.10. The van der Waals surface area contributed by atoms with Crippen LogP contribution in [0.15, 0.2) is 36.4 Å². The van der Waals surface area contributed by atoms with Gasteiger partial charge in [-0.25, -0.2) is 0 Å². The molecule has 1 aliphatic rings. The molecule has 0 fully saturated rings. The second kappa shape index (κ2) is 5.24. The number of hydrogen-bond donors (Lipinski definition) is 1. The number of methoxy groups -OCH3 is 1. The van der Waals surface area contributed by atoms with Gasteiger partial charge in [-0.15, -0.1) is 0 Å². The van der Waals surface area contributed by atoms with Gasteiger partial charge in [-0.1, -0.05) is 29.8 Å². The van der Waals surface area contributed by atoms with E-state index in [1.54, 1.807) is 7.11 Å². The highest BCUT2D eigenvalue weighted by atomic mass is 35.5. The third-order valence-corrected chi connectivity index (χ3v) is 3.83. The second-order valence-electron chi connectivity index (χ2n) is 4.71. The van der Waals surface area contributed by atoms with Gasteiger partial charge < -0.3 is 10.1 Å². The lowest BCUT2D eigenvalue weighted by Gasteiger charge is -2.23. The number of nitrogens with one attached hydrogen (secondary N) is 1. The summed E-state index contributed by atoms with van der Waals surface area (Å²) in [6.07, 6.45) is 1.01. The topological polar surface area (TPSA) is 21.3 Å². The molecular weight excluding hydrogens is 258 g/mol. The zero-order valence-electron chi connectivity index (χ0n) is 10.9. The summed E-state index contributed by atoms with van der Waals surface area (Å²) < 4.78 is 5.47. The van der Waals surface area contributed by atoms with Gasteiger partial charge in [-0.2, -0.15) is 0 Å². The van der Waals surface area contributed by atoms with Gasteiger partial charge in [0, 0.05) is 17.1 Å². The number of benzene rings is 2. The van der Waals surface area contributed by atoms with Gasteiger partial charge in [0.05, 0.1) is 7.11 Å². The number of ether oxygens (including phenoxy) is 1. The SMILES string of the molecule is COc1ccc(-c2cccc(Cl)c2)c2c1CCNC2. The Balaban J connectivity index is 2.17. The molecule has 2 aromatic rings. The van der Waals surface area contributed by atoms with E-state index in [1.807, 2.05) is 18.2 Å². The summed E-state index contributed by atoms with van der Waals surface area (Å²) in [4.78, 5) is 0. The molecule has 1 aliphatic heterocycles. The Hall–Kier alpha value is -1.51. The van der Waals surface area contributed by atoms with Crippen molar-refractivity contribution in [1.82, 2.24) is 5.32 Å². The van der Waals surface area contributed by atoms with Crippen molar-refractivity contribution < 1.29 is 4.74 Å². The van der Waals surface area contributed by atoms with Crippen LogP contribution < -0.4 is 10.1 Å². The molecule has 0 unspecified atom stereocenters. The molecule has 1 heterocycles. The molecule has 1 N–H and O–H groups in total. The molecule has 0 amide bonds. The molecule has 0 aromatic heterocycles. The third kappa shape index (κ3) is 2.34. The lowest BCUT2D eigenvalue weighted by atomic mass is 9.91. The van der Waals surface area contributed by atoms with Gasteiger partial charge in [0.2, 0.25) is 0 Å². The quantitative estimate of drug-likeness (QED) is 0.902. The summed E-state index contributed by atoms with van der Waals surface area (Å²) in [7, 11) is 1.73. The highest BCUT2D eigenvalue weighted by Crippen LogP contribution is 2.34. The first-order valence-corrected chi connectivity index (χ1v) is 6.83. The Morgan fingerprint density at radius 2 is 2.05 bits per heavy atom. The van der Waals surface area contributed by atoms with Crippen molar-refractivity contribution in [3.05, 3.63) is 52.5 Å². The van der Waals surface area contributed by atoms with Gasteiger partial charge in [0.25, 0.3) is 0 Å². The summed E-state index contributed by atoms with van der Waals surface area (Å²) in [5, 5.41) is 4.20. The Kier molecular flexibility index (Phi) is 3.45. The van der Waals surface area contributed by atoms with E-state index in [1.165, 1.54) is 16.7 Å². The first-order chi connectivity index (χ1) is 9.29. The Morgan fingerprint density at radius 1 is 1.16 bits per heavy atom. The van der Waals surface area contributed by atoms with E-state index in [0.29, 0.717) is 0 Å². The molecule has 0 atom stereocenters. The van der Waals surface area contributed by atoms with Crippen LogP contribution in [0.25, 0.3) is 11.1 Å². The molecule has 0 bridgehead atoms. The number of rotatable bonds is 2. The molecule has 2 aromatic carbocycles. The largest absolute Gasteiger partial charge is 0.496 e. The molecule has 0 saturated heterocycles. The van der Waals surface area contributed by atoms with Gasteiger partial charge in [0.1, 0.15) is 5.75 Å². The smallest absolute Gasteiger partial charge is 0.122 e. The number of fused-ring (bicyclic) bond motifs is 1. The number of hydrogen-bond acceptors (Lipinski definition) is 2. The fourth-order valence-electron chi connectivity index (χ4n) is 2.69. The molecule has 0 saturated carbocycles.